The number of hydrogen-bond donors (Lipinski definition) is 2. The molecule has 0 saturated carbocycles. The van der Waals surface area contributed by atoms with Crippen LogP contribution in [0, 0.1) is 0 Å². The fourth-order valence-electron chi connectivity index (χ4n) is 2.75. The zero-order valence-corrected chi connectivity index (χ0v) is 15.5. The fourth-order valence-corrected chi connectivity index (χ4v) is 5.83. The Bertz CT molecular complexity index is 829. The standard InChI is InChI=1S/C15H18N2O4S2.ClH/c1-21-15(18)13-14(11-6-2-3-7-12(11)22-13)23(19,20)17-10-5-4-8-16-9-10;/h2-3,6-7,10,16-17H,4-5,8-9H2,1H3;1H. The third kappa shape index (κ3) is 3.73. The smallest absolute Gasteiger partial charge is 0.349 e. The fraction of sp³-hybridized carbons (Fsp3) is 0.400. The predicted octanol–water partition coefficient (Wildman–Crippen LogP) is 2.14. The number of fused-ring (bicyclic) bond motifs is 1. The minimum atomic E-state index is -3.81. The minimum absolute atomic E-state index is 0. The van der Waals surface area contributed by atoms with E-state index >= 15 is 0 Å². The van der Waals surface area contributed by atoms with Crippen LogP contribution < -0.4 is 10.0 Å². The monoisotopic (exact) mass is 390 g/mol. The quantitative estimate of drug-likeness (QED) is 0.781. The Kier molecular flexibility index (Phi) is 6.22. The van der Waals surface area contributed by atoms with Crippen molar-refractivity contribution in [1.82, 2.24) is 10.0 Å². The van der Waals surface area contributed by atoms with E-state index in [9.17, 15) is 13.2 Å². The molecular weight excluding hydrogens is 372 g/mol. The largest absolute Gasteiger partial charge is 0.465 e. The van der Waals surface area contributed by atoms with Crippen molar-refractivity contribution in [3.05, 3.63) is 29.1 Å². The number of hydrogen-bond acceptors (Lipinski definition) is 6. The van der Waals surface area contributed by atoms with Crippen molar-refractivity contribution in [1.29, 1.82) is 0 Å². The van der Waals surface area contributed by atoms with E-state index in [1.807, 2.05) is 6.07 Å². The third-order valence-electron chi connectivity index (χ3n) is 3.81. The maximum absolute atomic E-state index is 12.9. The molecule has 0 bridgehead atoms. The van der Waals surface area contributed by atoms with Gasteiger partial charge in [-0.15, -0.1) is 23.7 Å². The van der Waals surface area contributed by atoms with E-state index in [2.05, 4.69) is 10.0 Å². The van der Waals surface area contributed by atoms with Crippen molar-refractivity contribution in [3.63, 3.8) is 0 Å². The molecule has 1 aromatic heterocycles. The zero-order chi connectivity index (χ0) is 16.4. The molecule has 1 aromatic carbocycles. The number of rotatable bonds is 4. The molecule has 9 heteroatoms. The van der Waals surface area contributed by atoms with E-state index < -0.39 is 16.0 Å². The normalized spacial score (nSPS) is 18.1. The second kappa shape index (κ2) is 7.79. The number of thiophene rings is 1. The van der Waals surface area contributed by atoms with Crippen molar-refractivity contribution >= 4 is 49.8 Å². The molecule has 0 spiro atoms. The average molecular weight is 391 g/mol. The SMILES string of the molecule is COC(=O)c1sc2ccccc2c1S(=O)(=O)NC1CCCNC1.Cl. The summed E-state index contributed by atoms with van der Waals surface area (Å²) in [4.78, 5) is 12.2. The van der Waals surface area contributed by atoms with Crippen LogP contribution >= 0.6 is 23.7 Å². The van der Waals surface area contributed by atoms with Crippen LogP contribution in [-0.4, -0.2) is 40.6 Å². The number of sulfonamides is 1. The van der Waals surface area contributed by atoms with E-state index in [-0.39, 0.29) is 28.2 Å². The highest BCUT2D eigenvalue weighted by molar-refractivity contribution is 7.90. The lowest BCUT2D eigenvalue weighted by Crippen LogP contribution is -2.45. The second-order valence-electron chi connectivity index (χ2n) is 5.41. The molecule has 1 aliphatic heterocycles. The average Bonchev–Trinajstić information content (AvgIpc) is 2.95. The van der Waals surface area contributed by atoms with Crippen LogP contribution in [0.15, 0.2) is 29.2 Å². The van der Waals surface area contributed by atoms with Gasteiger partial charge in [0.15, 0.2) is 0 Å². The van der Waals surface area contributed by atoms with Crippen molar-refractivity contribution in [2.24, 2.45) is 0 Å². The lowest BCUT2D eigenvalue weighted by atomic mass is 10.1. The summed E-state index contributed by atoms with van der Waals surface area (Å²) in [5.74, 6) is -0.631. The van der Waals surface area contributed by atoms with Gasteiger partial charge in [-0.2, -0.15) is 0 Å². The molecule has 1 atom stereocenters. The minimum Gasteiger partial charge on any atom is -0.465 e. The number of piperidine rings is 1. The Labute approximate surface area is 151 Å². The summed E-state index contributed by atoms with van der Waals surface area (Å²) in [6.45, 7) is 1.49. The summed E-state index contributed by atoms with van der Waals surface area (Å²) < 4.78 is 34.0. The summed E-state index contributed by atoms with van der Waals surface area (Å²) >= 11 is 1.14. The van der Waals surface area contributed by atoms with Crippen LogP contribution in [-0.2, 0) is 14.8 Å². The first-order valence-corrected chi connectivity index (χ1v) is 9.66. The summed E-state index contributed by atoms with van der Waals surface area (Å²) in [7, 11) is -2.56. The Morgan fingerprint density at radius 3 is 2.79 bits per heavy atom. The van der Waals surface area contributed by atoms with E-state index in [1.165, 1.54) is 7.11 Å². The van der Waals surface area contributed by atoms with Crippen molar-refractivity contribution < 1.29 is 17.9 Å². The van der Waals surface area contributed by atoms with Gasteiger partial charge in [-0.1, -0.05) is 18.2 Å². The maximum atomic E-state index is 12.9. The number of benzene rings is 1. The highest BCUT2D eigenvalue weighted by atomic mass is 35.5. The van der Waals surface area contributed by atoms with Crippen LogP contribution in [0.4, 0.5) is 0 Å². The highest BCUT2D eigenvalue weighted by Gasteiger charge is 2.31. The molecule has 6 nitrogen and oxygen atoms in total. The van der Waals surface area contributed by atoms with Gasteiger partial charge in [-0.05, 0) is 25.5 Å². The number of ether oxygens (including phenoxy) is 1. The maximum Gasteiger partial charge on any atom is 0.349 e. The highest BCUT2D eigenvalue weighted by Crippen LogP contribution is 2.35. The Balaban J connectivity index is 0.00000208. The van der Waals surface area contributed by atoms with E-state index in [0.29, 0.717) is 11.9 Å². The van der Waals surface area contributed by atoms with Crippen molar-refractivity contribution in [3.8, 4) is 0 Å². The van der Waals surface area contributed by atoms with Gasteiger partial charge in [0.2, 0.25) is 10.0 Å². The Morgan fingerprint density at radius 1 is 1.38 bits per heavy atom. The van der Waals surface area contributed by atoms with Crippen LogP contribution in [0.1, 0.15) is 22.5 Å². The first-order valence-electron chi connectivity index (χ1n) is 7.36. The molecule has 3 rings (SSSR count). The zero-order valence-electron chi connectivity index (χ0n) is 13.1. The topological polar surface area (TPSA) is 84.5 Å². The van der Waals surface area contributed by atoms with Crippen molar-refractivity contribution in [2.45, 2.75) is 23.8 Å². The molecule has 0 amide bonds. The summed E-state index contributed by atoms with van der Waals surface area (Å²) in [5, 5.41) is 3.72. The summed E-state index contributed by atoms with van der Waals surface area (Å²) in [5.41, 5.74) is 0. The van der Waals surface area contributed by atoms with Gasteiger partial charge < -0.3 is 10.1 Å². The Hall–Kier alpha value is -1.19. The number of methoxy groups -OCH3 is 1. The van der Waals surface area contributed by atoms with E-state index in [0.717, 1.165) is 35.4 Å². The van der Waals surface area contributed by atoms with Crippen molar-refractivity contribution in [2.75, 3.05) is 20.2 Å². The second-order valence-corrected chi connectivity index (χ2v) is 8.12. The Morgan fingerprint density at radius 2 is 2.12 bits per heavy atom. The number of nitrogens with one attached hydrogen (secondary N) is 2. The van der Waals surface area contributed by atoms with Gasteiger partial charge >= 0.3 is 5.97 Å². The lowest BCUT2D eigenvalue weighted by molar-refractivity contribution is 0.0602. The summed E-state index contributed by atoms with van der Waals surface area (Å²) in [6.07, 6.45) is 1.70. The molecule has 2 heterocycles. The molecular formula is C15H19ClN2O4S2. The predicted molar refractivity (Wildman–Crippen MR) is 96.6 cm³/mol. The van der Waals surface area contributed by atoms with Crippen LogP contribution in [0.25, 0.3) is 10.1 Å². The molecule has 1 aliphatic rings. The molecule has 2 N–H and O–H groups in total. The number of halogens is 1. The first kappa shape index (κ1) is 19.1. The number of carbonyl (C=O) groups is 1. The van der Waals surface area contributed by atoms with Gasteiger partial charge in [0.05, 0.1) is 7.11 Å². The lowest BCUT2D eigenvalue weighted by Gasteiger charge is -2.23. The molecule has 1 unspecified atom stereocenters. The summed E-state index contributed by atoms with van der Waals surface area (Å²) in [6, 6.07) is 6.92. The van der Waals surface area contributed by atoms with E-state index in [4.69, 9.17) is 4.74 Å². The molecule has 24 heavy (non-hydrogen) atoms. The first-order chi connectivity index (χ1) is 11.0. The molecule has 2 aromatic rings. The van der Waals surface area contributed by atoms with Crippen LogP contribution in [0.2, 0.25) is 0 Å². The van der Waals surface area contributed by atoms with Gasteiger partial charge in [0.25, 0.3) is 0 Å². The van der Waals surface area contributed by atoms with E-state index in [1.54, 1.807) is 18.2 Å². The number of esters is 1. The third-order valence-corrected chi connectivity index (χ3v) is 6.69. The van der Waals surface area contributed by atoms with Crippen LogP contribution in [0.5, 0.6) is 0 Å². The molecule has 132 valence electrons. The van der Waals surface area contributed by atoms with Gasteiger partial charge in [0.1, 0.15) is 9.77 Å². The van der Waals surface area contributed by atoms with Gasteiger partial charge in [-0.25, -0.2) is 17.9 Å². The molecule has 1 fully saturated rings. The molecule has 1 saturated heterocycles. The van der Waals surface area contributed by atoms with Gasteiger partial charge in [0, 0.05) is 22.7 Å². The number of carbonyl (C=O) groups excluding carboxylic acids is 1. The molecule has 0 radical (unpaired) electrons. The van der Waals surface area contributed by atoms with Gasteiger partial charge in [-0.3, -0.25) is 0 Å². The molecule has 0 aliphatic carbocycles. The van der Waals surface area contributed by atoms with Crippen LogP contribution in [0.3, 0.4) is 0 Å².